The van der Waals surface area contributed by atoms with Gasteiger partial charge in [-0.1, -0.05) is 12.2 Å². The number of carbonyl (C=O) groups excluding carboxylic acids is 2. The zero-order valence-electron chi connectivity index (χ0n) is 9.20. The van der Waals surface area contributed by atoms with Crippen molar-refractivity contribution in [2.45, 2.75) is 32.1 Å². The number of ketones is 1. The Hall–Kier alpha value is -1.38. The predicted octanol–water partition coefficient (Wildman–Crippen LogP) is 2.42. The minimum atomic E-state index is -0.354. The highest BCUT2D eigenvalue weighted by atomic mass is 16.5. The molecular weight excluding hydrogens is 192 g/mol. The zero-order chi connectivity index (χ0) is 11.5. The SMILES string of the molecule is C=CCCC(=O)CCCC=CC(=O)OC. The fourth-order valence-electron chi connectivity index (χ4n) is 1.05. The number of esters is 1. The van der Waals surface area contributed by atoms with Gasteiger partial charge in [-0.25, -0.2) is 4.79 Å². The van der Waals surface area contributed by atoms with E-state index >= 15 is 0 Å². The maximum absolute atomic E-state index is 11.2. The average Bonchev–Trinajstić information content (AvgIpc) is 2.25. The van der Waals surface area contributed by atoms with Crippen LogP contribution in [0.25, 0.3) is 0 Å². The lowest BCUT2D eigenvalue weighted by Crippen LogP contribution is -1.96. The van der Waals surface area contributed by atoms with Crippen LogP contribution in [-0.4, -0.2) is 18.9 Å². The van der Waals surface area contributed by atoms with Gasteiger partial charge in [0.1, 0.15) is 5.78 Å². The van der Waals surface area contributed by atoms with Crippen molar-refractivity contribution >= 4 is 11.8 Å². The highest BCUT2D eigenvalue weighted by Gasteiger charge is 1.99. The molecule has 0 aromatic heterocycles. The molecule has 0 aromatic carbocycles. The molecule has 0 atom stereocenters. The van der Waals surface area contributed by atoms with E-state index in [1.165, 1.54) is 13.2 Å². The second kappa shape index (κ2) is 9.19. The molecule has 0 aliphatic carbocycles. The highest BCUT2D eigenvalue weighted by Crippen LogP contribution is 2.02. The van der Waals surface area contributed by atoms with Gasteiger partial charge in [0.05, 0.1) is 7.11 Å². The number of ether oxygens (including phenoxy) is 1. The Balaban J connectivity index is 3.45. The summed E-state index contributed by atoms with van der Waals surface area (Å²) in [6.45, 7) is 3.56. The summed E-state index contributed by atoms with van der Waals surface area (Å²) in [5.74, 6) is -0.102. The highest BCUT2D eigenvalue weighted by molar-refractivity contribution is 5.81. The van der Waals surface area contributed by atoms with Gasteiger partial charge in [-0.3, -0.25) is 4.79 Å². The van der Waals surface area contributed by atoms with E-state index in [0.29, 0.717) is 12.8 Å². The van der Waals surface area contributed by atoms with Gasteiger partial charge in [0.25, 0.3) is 0 Å². The van der Waals surface area contributed by atoms with Gasteiger partial charge in [0.2, 0.25) is 0 Å². The van der Waals surface area contributed by atoms with Gasteiger partial charge in [0.15, 0.2) is 0 Å². The fraction of sp³-hybridized carbons (Fsp3) is 0.500. The number of unbranched alkanes of at least 4 members (excludes halogenated alkanes) is 1. The average molecular weight is 210 g/mol. The fourth-order valence-corrected chi connectivity index (χ4v) is 1.05. The molecule has 0 N–H and O–H groups in total. The predicted molar refractivity (Wildman–Crippen MR) is 59.4 cm³/mol. The molecule has 0 heterocycles. The number of allylic oxidation sites excluding steroid dienone is 2. The summed E-state index contributed by atoms with van der Waals surface area (Å²) in [6, 6.07) is 0. The Kier molecular flexibility index (Phi) is 8.34. The minimum Gasteiger partial charge on any atom is -0.466 e. The summed E-state index contributed by atoms with van der Waals surface area (Å²) >= 11 is 0. The van der Waals surface area contributed by atoms with Crippen molar-refractivity contribution in [2.75, 3.05) is 7.11 Å². The van der Waals surface area contributed by atoms with Crippen LogP contribution < -0.4 is 0 Å². The summed E-state index contributed by atoms with van der Waals surface area (Å²) in [7, 11) is 1.34. The van der Waals surface area contributed by atoms with E-state index in [1.54, 1.807) is 12.2 Å². The van der Waals surface area contributed by atoms with Crippen LogP contribution in [0.1, 0.15) is 32.1 Å². The maximum Gasteiger partial charge on any atom is 0.330 e. The Morgan fingerprint density at radius 1 is 1.27 bits per heavy atom. The quantitative estimate of drug-likeness (QED) is 0.267. The molecule has 0 unspecified atom stereocenters. The zero-order valence-corrected chi connectivity index (χ0v) is 9.20. The maximum atomic E-state index is 11.2. The number of hydrogen-bond acceptors (Lipinski definition) is 3. The second-order valence-electron chi connectivity index (χ2n) is 3.18. The first-order valence-electron chi connectivity index (χ1n) is 5.07. The molecule has 0 amide bonds. The molecule has 0 spiro atoms. The van der Waals surface area contributed by atoms with E-state index in [-0.39, 0.29) is 11.8 Å². The third-order valence-corrected chi connectivity index (χ3v) is 1.91. The van der Waals surface area contributed by atoms with Crippen molar-refractivity contribution in [2.24, 2.45) is 0 Å². The van der Waals surface area contributed by atoms with Crippen LogP contribution in [0.15, 0.2) is 24.8 Å². The molecule has 3 heteroatoms. The van der Waals surface area contributed by atoms with Crippen molar-refractivity contribution in [1.82, 2.24) is 0 Å². The van der Waals surface area contributed by atoms with E-state index in [4.69, 9.17) is 0 Å². The number of Topliss-reactive ketones (excluding diaryl/α,β-unsaturated/α-hetero) is 1. The number of carbonyl (C=O) groups is 2. The van der Waals surface area contributed by atoms with Crippen molar-refractivity contribution in [1.29, 1.82) is 0 Å². The van der Waals surface area contributed by atoms with Crippen LogP contribution >= 0.6 is 0 Å². The molecule has 0 aromatic rings. The van der Waals surface area contributed by atoms with Crippen LogP contribution in [0.3, 0.4) is 0 Å². The van der Waals surface area contributed by atoms with E-state index in [9.17, 15) is 9.59 Å². The van der Waals surface area contributed by atoms with Crippen molar-refractivity contribution in [3.63, 3.8) is 0 Å². The second-order valence-corrected chi connectivity index (χ2v) is 3.18. The molecule has 0 saturated heterocycles. The lowest BCUT2D eigenvalue weighted by Gasteiger charge is -1.96. The first kappa shape index (κ1) is 13.6. The molecule has 15 heavy (non-hydrogen) atoms. The van der Waals surface area contributed by atoms with Crippen molar-refractivity contribution in [3.05, 3.63) is 24.8 Å². The first-order chi connectivity index (χ1) is 7.20. The molecule has 3 nitrogen and oxygen atoms in total. The number of methoxy groups -OCH3 is 1. The molecule has 0 aliphatic rings. The van der Waals surface area contributed by atoms with Gasteiger partial charge in [0, 0.05) is 18.9 Å². The molecule has 0 saturated carbocycles. The molecule has 0 bridgehead atoms. The summed E-state index contributed by atoms with van der Waals surface area (Å²) in [5, 5.41) is 0. The molecule has 0 rings (SSSR count). The third kappa shape index (κ3) is 8.94. The Bertz CT molecular complexity index is 241. The summed E-state index contributed by atoms with van der Waals surface area (Å²) in [5.41, 5.74) is 0. The lowest BCUT2D eigenvalue weighted by atomic mass is 10.1. The molecule has 0 fully saturated rings. The molecule has 0 aliphatic heterocycles. The van der Waals surface area contributed by atoms with Crippen LogP contribution in [0.4, 0.5) is 0 Å². The number of hydrogen-bond donors (Lipinski definition) is 0. The van der Waals surface area contributed by atoms with E-state index < -0.39 is 0 Å². The first-order valence-corrected chi connectivity index (χ1v) is 5.07. The number of rotatable bonds is 8. The summed E-state index contributed by atoms with van der Waals surface area (Å²) in [6.07, 6.45) is 8.26. The topological polar surface area (TPSA) is 43.4 Å². The smallest absolute Gasteiger partial charge is 0.330 e. The van der Waals surface area contributed by atoms with Gasteiger partial charge in [-0.15, -0.1) is 6.58 Å². The molecule has 0 radical (unpaired) electrons. The summed E-state index contributed by atoms with van der Waals surface area (Å²) < 4.78 is 4.43. The monoisotopic (exact) mass is 210 g/mol. The molecule has 84 valence electrons. The van der Waals surface area contributed by atoms with E-state index in [1.807, 2.05) is 0 Å². The van der Waals surface area contributed by atoms with Gasteiger partial charge >= 0.3 is 5.97 Å². The minimum absolute atomic E-state index is 0.251. The van der Waals surface area contributed by atoms with Gasteiger partial charge < -0.3 is 4.74 Å². The van der Waals surface area contributed by atoms with Crippen LogP contribution in [0.5, 0.6) is 0 Å². The third-order valence-electron chi connectivity index (χ3n) is 1.91. The lowest BCUT2D eigenvalue weighted by molar-refractivity contribution is -0.134. The Morgan fingerprint density at radius 2 is 2.00 bits per heavy atom. The summed E-state index contributed by atoms with van der Waals surface area (Å²) in [4.78, 5) is 21.9. The normalized spacial score (nSPS) is 10.2. The van der Waals surface area contributed by atoms with Gasteiger partial charge in [-0.2, -0.15) is 0 Å². The molecular formula is C12H18O3. The van der Waals surface area contributed by atoms with E-state index in [2.05, 4.69) is 11.3 Å². The largest absolute Gasteiger partial charge is 0.466 e. The Labute approximate surface area is 90.8 Å². The van der Waals surface area contributed by atoms with Crippen molar-refractivity contribution in [3.8, 4) is 0 Å². The standard InChI is InChI=1S/C12H18O3/c1-3-4-8-11(13)9-6-5-7-10-12(14)15-2/h3,7,10H,1,4-6,8-9H2,2H3. The Morgan fingerprint density at radius 3 is 2.60 bits per heavy atom. The van der Waals surface area contributed by atoms with E-state index in [0.717, 1.165) is 19.3 Å². The van der Waals surface area contributed by atoms with Crippen LogP contribution in [0.2, 0.25) is 0 Å². The van der Waals surface area contributed by atoms with Crippen molar-refractivity contribution < 1.29 is 14.3 Å². The van der Waals surface area contributed by atoms with Gasteiger partial charge in [-0.05, 0) is 19.3 Å². The van der Waals surface area contributed by atoms with Crippen LogP contribution in [-0.2, 0) is 14.3 Å². The van der Waals surface area contributed by atoms with Crippen LogP contribution in [0, 0.1) is 0 Å².